The van der Waals surface area contributed by atoms with Crippen LogP contribution >= 0.6 is 0 Å². The molecule has 0 radical (unpaired) electrons. The number of hydrogen-bond donors (Lipinski definition) is 0. The third-order valence-electron chi connectivity index (χ3n) is 5.19. The van der Waals surface area contributed by atoms with Crippen LogP contribution in [0.15, 0.2) is 30.3 Å². The molecule has 23 heavy (non-hydrogen) atoms. The van der Waals surface area contributed by atoms with Crippen molar-refractivity contribution in [2.45, 2.75) is 38.6 Å². The van der Waals surface area contributed by atoms with Crippen LogP contribution in [0, 0.1) is 0 Å². The first-order chi connectivity index (χ1) is 11.3. The van der Waals surface area contributed by atoms with E-state index >= 15 is 0 Å². The van der Waals surface area contributed by atoms with Gasteiger partial charge in [-0.15, -0.1) is 0 Å². The topological polar surface area (TPSA) is 26.8 Å². The monoisotopic (exact) mass is 315 g/mol. The van der Waals surface area contributed by atoms with E-state index in [0.717, 1.165) is 25.3 Å². The fourth-order valence-electron chi connectivity index (χ4n) is 3.94. The number of benzene rings is 1. The van der Waals surface area contributed by atoms with Crippen LogP contribution in [0.3, 0.4) is 0 Å². The second kappa shape index (κ2) is 7.93. The summed E-state index contributed by atoms with van der Waals surface area (Å²) in [4.78, 5) is 19.7. The molecule has 2 fully saturated rings. The SMILES string of the molecule is CCN(C(=O)CN1CCCC1CN1CCCC1)c1ccccc1. The van der Waals surface area contributed by atoms with E-state index in [1.165, 1.54) is 38.8 Å². The number of carbonyl (C=O) groups excluding carboxylic acids is 1. The molecule has 4 nitrogen and oxygen atoms in total. The lowest BCUT2D eigenvalue weighted by molar-refractivity contribution is -0.120. The van der Waals surface area contributed by atoms with Crippen molar-refractivity contribution in [1.29, 1.82) is 0 Å². The molecule has 1 amide bonds. The quantitative estimate of drug-likeness (QED) is 0.807. The van der Waals surface area contributed by atoms with Gasteiger partial charge < -0.3 is 9.80 Å². The number of nitrogens with zero attached hydrogens (tertiary/aromatic N) is 3. The summed E-state index contributed by atoms with van der Waals surface area (Å²) in [6, 6.07) is 10.6. The Kier molecular flexibility index (Phi) is 5.68. The molecule has 126 valence electrons. The summed E-state index contributed by atoms with van der Waals surface area (Å²) < 4.78 is 0. The lowest BCUT2D eigenvalue weighted by Gasteiger charge is -2.30. The zero-order valence-corrected chi connectivity index (χ0v) is 14.3. The van der Waals surface area contributed by atoms with Gasteiger partial charge in [0.05, 0.1) is 6.54 Å². The molecule has 1 aromatic carbocycles. The van der Waals surface area contributed by atoms with E-state index in [-0.39, 0.29) is 5.91 Å². The maximum absolute atomic E-state index is 12.8. The van der Waals surface area contributed by atoms with E-state index in [1.807, 2.05) is 35.2 Å². The molecule has 2 aliphatic rings. The number of para-hydroxylation sites is 1. The number of amides is 1. The van der Waals surface area contributed by atoms with Crippen LogP contribution < -0.4 is 4.90 Å². The zero-order valence-electron chi connectivity index (χ0n) is 14.3. The Labute approximate surface area is 140 Å². The number of anilines is 1. The lowest BCUT2D eigenvalue weighted by atomic mass is 10.2. The van der Waals surface area contributed by atoms with Crippen LogP contribution in [0.2, 0.25) is 0 Å². The molecule has 1 unspecified atom stereocenters. The Balaban J connectivity index is 1.59. The highest BCUT2D eigenvalue weighted by atomic mass is 16.2. The molecule has 0 saturated carbocycles. The van der Waals surface area contributed by atoms with Crippen molar-refractivity contribution < 1.29 is 4.79 Å². The van der Waals surface area contributed by atoms with Crippen molar-refractivity contribution in [2.24, 2.45) is 0 Å². The Morgan fingerprint density at radius 1 is 1.13 bits per heavy atom. The van der Waals surface area contributed by atoms with Gasteiger partial charge in [0.15, 0.2) is 0 Å². The molecule has 0 bridgehead atoms. The molecule has 0 aromatic heterocycles. The van der Waals surface area contributed by atoms with Crippen LogP contribution in [0.4, 0.5) is 5.69 Å². The summed E-state index contributed by atoms with van der Waals surface area (Å²) in [6.45, 7) is 8.03. The van der Waals surface area contributed by atoms with Gasteiger partial charge in [-0.2, -0.15) is 0 Å². The summed E-state index contributed by atoms with van der Waals surface area (Å²) in [5, 5.41) is 0. The highest BCUT2D eigenvalue weighted by molar-refractivity contribution is 5.94. The van der Waals surface area contributed by atoms with Gasteiger partial charge in [0.25, 0.3) is 0 Å². The predicted octanol–water partition coefficient (Wildman–Crippen LogP) is 2.60. The summed E-state index contributed by atoms with van der Waals surface area (Å²) in [5.41, 5.74) is 1.01. The van der Waals surface area contributed by atoms with E-state index in [0.29, 0.717) is 12.6 Å². The van der Waals surface area contributed by atoms with E-state index in [1.54, 1.807) is 0 Å². The van der Waals surface area contributed by atoms with Gasteiger partial charge in [0.2, 0.25) is 5.91 Å². The van der Waals surface area contributed by atoms with Gasteiger partial charge >= 0.3 is 0 Å². The van der Waals surface area contributed by atoms with Gasteiger partial charge in [-0.05, 0) is 64.4 Å². The third kappa shape index (κ3) is 4.12. The van der Waals surface area contributed by atoms with E-state index in [9.17, 15) is 4.79 Å². The second-order valence-electron chi connectivity index (χ2n) is 6.75. The average Bonchev–Trinajstić information content (AvgIpc) is 3.22. The molecule has 1 aromatic rings. The van der Waals surface area contributed by atoms with Crippen molar-refractivity contribution >= 4 is 11.6 Å². The molecule has 3 rings (SSSR count). The fourth-order valence-corrected chi connectivity index (χ4v) is 3.94. The van der Waals surface area contributed by atoms with Gasteiger partial charge in [-0.1, -0.05) is 18.2 Å². The normalized spacial score (nSPS) is 22.6. The van der Waals surface area contributed by atoms with Crippen LogP contribution in [0.25, 0.3) is 0 Å². The number of likely N-dealkylation sites (tertiary alicyclic amines) is 2. The minimum atomic E-state index is 0.229. The van der Waals surface area contributed by atoms with Crippen LogP contribution in [0.1, 0.15) is 32.6 Å². The molecular formula is C19H29N3O. The Morgan fingerprint density at radius 2 is 1.87 bits per heavy atom. The van der Waals surface area contributed by atoms with Crippen molar-refractivity contribution in [3.05, 3.63) is 30.3 Å². The number of hydrogen-bond acceptors (Lipinski definition) is 3. The minimum absolute atomic E-state index is 0.229. The maximum atomic E-state index is 12.8. The molecular weight excluding hydrogens is 286 g/mol. The smallest absolute Gasteiger partial charge is 0.241 e. The number of likely N-dealkylation sites (N-methyl/N-ethyl adjacent to an activating group) is 1. The fraction of sp³-hybridized carbons (Fsp3) is 0.632. The molecule has 0 aliphatic carbocycles. The summed E-state index contributed by atoms with van der Waals surface area (Å²) in [5.74, 6) is 0.229. The summed E-state index contributed by atoms with van der Waals surface area (Å²) in [7, 11) is 0. The Morgan fingerprint density at radius 3 is 2.57 bits per heavy atom. The minimum Gasteiger partial charge on any atom is -0.312 e. The predicted molar refractivity (Wildman–Crippen MR) is 94.7 cm³/mol. The van der Waals surface area contributed by atoms with Gasteiger partial charge in [0.1, 0.15) is 0 Å². The van der Waals surface area contributed by atoms with Crippen LogP contribution in [-0.4, -0.2) is 61.0 Å². The molecule has 4 heteroatoms. The maximum Gasteiger partial charge on any atom is 0.241 e. The molecule has 2 saturated heterocycles. The third-order valence-corrected chi connectivity index (χ3v) is 5.19. The van der Waals surface area contributed by atoms with Crippen molar-refractivity contribution in [1.82, 2.24) is 9.80 Å². The first kappa shape index (κ1) is 16.5. The van der Waals surface area contributed by atoms with Crippen molar-refractivity contribution in [3.8, 4) is 0 Å². The highest BCUT2D eigenvalue weighted by Gasteiger charge is 2.29. The van der Waals surface area contributed by atoms with Gasteiger partial charge in [-0.3, -0.25) is 9.69 Å². The standard InChI is InChI=1S/C19H29N3O/c1-2-22(17-9-4-3-5-10-17)19(23)16-21-14-8-11-18(21)15-20-12-6-7-13-20/h3-5,9-10,18H,2,6-8,11-16H2,1H3. The number of rotatable bonds is 6. The van der Waals surface area contributed by atoms with E-state index in [4.69, 9.17) is 0 Å². The number of carbonyl (C=O) groups is 1. The molecule has 0 N–H and O–H groups in total. The van der Waals surface area contributed by atoms with Gasteiger partial charge in [0, 0.05) is 24.8 Å². The second-order valence-corrected chi connectivity index (χ2v) is 6.75. The molecule has 0 spiro atoms. The highest BCUT2D eigenvalue weighted by Crippen LogP contribution is 2.21. The summed E-state index contributed by atoms with van der Waals surface area (Å²) in [6.07, 6.45) is 5.14. The van der Waals surface area contributed by atoms with E-state index < -0.39 is 0 Å². The molecule has 1 atom stereocenters. The van der Waals surface area contributed by atoms with Crippen molar-refractivity contribution in [3.63, 3.8) is 0 Å². The lowest BCUT2D eigenvalue weighted by Crippen LogP contribution is -2.45. The zero-order chi connectivity index (χ0) is 16.1. The van der Waals surface area contributed by atoms with Gasteiger partial charge in [-0.25, -0.2) is 0 Å². The first-order valence-electron chi connectivity index (χ1n) is 9.09. The molecule has 2 aliphatic heterocycles. The van der Waals surface area contributed by atoms with Crippen LogP contribution in [0.5, 0.6) is 0 Å². The summed E-state index contributed by atoms with van der Waals surface area (Å²) >= 11 is 0. The Hall–Kier alpha value is -1.39. The van der Waals surface area contributed by atoms with Crippen molar-refractivity contribution in [2.75, 3.05) is 44.2 Å². The van der Waals surface area contributed by atoms with E-state index in [2.05, 4.69) is 16.7 Å². The largest absolute Gasteiger partial charge is 0.312 e. The van der Waals surface area contributed by atoms with Crippen LogP contribution in [-0.2, 0) is 4.79 Å². The molecule has 2 heterocycles. The Bertz CT molecular complexity index is 499. The first-order valence-corrected chi connectivity index (χ1v) is 9.09. The average molecular weight is 315 g/mol.